The molecule has 0 unspecified atom stereocenters. The van der Waals surface area contributed by atoms with Gasteiger partial charge in [0.15, 0.2) is 5.82 Å². The molecule has 1 aromatic heterocycles. The van der Waals surface area contributed by atoms with Crippen molar-refractivity contribution in [2.24, 2.45) is 0 Å². The van der Waals surface area contributed by atoms with Crippen molar-refractivity contribution < 1.29 is 13.5 Å². The molecule has 0 amide bonds. The van der Waals surface area contributed by atoms with Crippen molar-refractivity contribution in [2.75, 3.05) is 12.8 Å². The van der Waals surface area contributed by atoms with E-state index in [0.29, 0.717) is 22.3 Å². The minimum absolute atomic E-state index is 0.0154. The van der Waals surface area contributed by atoms with Crippen LogP contribution in [0.15, 0.2) is 30.3 Å². The third-order valence-corrected chi connectivity index (χ3v) is 3.37. The molecule has 108 valence electrons. The fraction of sp³-hybridized carbons (Fsp3) is 0.133. The van der Waals surface area contributed by atoms with Gasteiger partial charge in [0.05, 0.1) is 18.1 Å². The van der Waals surface area contributed by atoms with Gasteiger partial charge in [0, 0.05) is 6.07 Å². The Balaban J connectivity index is 2.40. The molecule has 4 nitrogen and oxygen atoms in total. The van der Waals surface area contributed by atoms with E-state index in [0.717, 1.165) is 0 Å². The van der Waals surface area contributed by atoms with Crippen molar-refractivity contribution in [3.63, 3.8) is 0 Å². The van der Waals surface area contributed by atoms with Crippen LogP contribution in [0.3, 0.4) is 0 Å². The Hall–Kier alpha value is -2.63. The van der Waals surface area contributed by atoms with E-state index < -0.39 is 11.6 Å². The molecule has 0 spiro atoms. The van der Waals surface area contributed by atoms with Crippen molar-refractivity contribution in [2.45, 2.75) is 6.92 Å². The highest BCUT2D eigenvalue weighted by molar-refractivity contribution is 5.82. The summed E-state index contributed by atoms with van der Waals surface area (Å²) in [5, 5.41) is 0. The summed E-state index contributed by atoms with van der Waals surface area (Å²) in [6, 6.07) is 7.62. The summed E-state index contributed by atoms with van der Waals surface area (Å²) in [5.41, 5.74) is 6.96. The largest absolute Gasteiger partial charge is 0.497 e. The van der Waals surface area contributed by atoms with Crippen molar-refractivity contribution in [1.82, 2.24) is 9.55 Å². The normalized spacial score (nSPS) is 11.0. The zero-order chi connectivity index (χ0) is 15.1. The number of anilines is 1. The minimum atomic E-state index is -0.702. The molecule has 0 saturated heterocycles. The van der Waals surface area contributed by atoms with Gasteiger partial charge in [-0.2, -0.15) is 0 Å². The molecule has 0 aliphatic rings. The standard InChI is InChI=1S/C15H13F2N3O/c1-8-3-5-10(16)14(13(8)17)20-12-7-9(21-2)4-6-11(12)19-15(20)18/h3-7H,1-2H3,(H2,18,19). The number of rotatable bonds is 2. The lowest BCUT2D eigenvalue weighted by Crippen LogP contribution is -2.07. The zero-order valence-corrected chi connectivity index (χ0v) is 11.5. The highest BCUT2D eigenvalue weighted by Gasteiger charge is 2.19. The van der Waals surface area contributed by atoms with Gasteiger partial charge in [-0.1, -0.05) is 6.07 Å². The van der Waals surface area contributed by atoms with Gasteiger partial charge in [-0.25, -0.2) is 13.8 Å². The number of aromatic nitrogens is 2. The fourth-order valence-electron chi connectivity index (χ4n) is 2.28. The van der Waals surface area contributed by atoms with Crippen molar-refractivity contribution in [1.29, 1.82) is 0 Å². The molecule has 2 aromatic carbocycles. The summed E-state index contributed by atoms with van der Waals surface area (Å²) in [6.07, 6.45) is 0. The van der Waals surface area contributed by atoms with Gasteiger partial charge in [0.1, 0.15) is 17.3 Å². The topological polar surface area (TPSA) is 53.1 Å². The third kappa shape index (κ3) is 1.99. The second-order valence-electron chi connectivity index (χ2n) is 4.69. The molecule has 21 heavy (non-hydrogen) atoms. The van der Waals surface area contributed by atoms with Gasteiger partial charge >= 0.3 is 0 Å². The van der Waals surface area contributed by atoms with Gasteiger partial charge < -0.3 is 10.5 Å². The molecule has 3 rings (SSSR count). The summed E-state index contributed by atoms with van der Waals surface area (Å²) in [6.45, 7) is 1.56. The summed E-state index contributed by atoms with van der Waals surface area (Å²) in [5.74, 6) is -0.797. The van der Waals surface area contributed by atoms with Crippen LogP contribution < -0.4 is 10.5 Å². The highest BCUT2D eigenvalue weighted by Crippen LogP contribution is 2.30. The van der Waals surface area contributed by atoms with Crippen LogP contribution >= 0.6 is 0 Å². The summed E-state index contributed by atoms with van der Waals surface area (Å²) in [4.78, 5) is 4.13. The molecular formula is C15H13F2N3O. The first-order chi connectivity index (χ1) is 10.0. The molecule has 0 saturated carbocycles. The van der Waals surface area contributed by atoms with E-state index in [1.807, 2.05) is 0 Å². The number of nitrogens with two attached hydrogens (primary N) is 1. The molecule has 1 heterocycles. The molecule has 6 heteroatoms. The van der Waals surface area contributed by atoms with Gasteiger partial charge in [-0.3, -0.25) is 4.57 Å². The van der Waals surface area contributed by atoms with Crippen LogP contribution in [-0.2, 0) is 0 Å². The van der Waals surface area contributed by atoms with Crippen LogP contribution in [-0.4, -0.2) is 16.7 Å². The van der Waals surface area contributed by atoms with Crippen LogP contribution in [0.5, 0.6) is 5.75 Å². The number of ether oxygens (including phenoxy) is 1. The van der Waals surface area contributed by atoms with Gasteiger partial charge in [-0.05, 0) is 30.7 Å². The van der Waals surface area contributed by atoms with E-state index >= 15 is 0 Å². The molecule has 0 bridgehead atoms. The molecule has 0 aliphatic carbocycles. The number of nitrogens with zero attached hydrogens (tertiary/aromatic N) is 2. The number of fused-ring (bicyclic) bond motifs is 1. The Morgan fingerprint density at radius 1 is 1.19 bits per heavy atom. The fourth-order valence-corrected chi connectivity index (χ4v) is 2.28. The first kappa shape index (κ1) is 13.4. The molecule has 2 N–H and O–H groups in total. The lowest BCUT2D eigenvalue weighted by Gasteiger charge is -2.11. The number of nitrogen functional groups attached to an aromatic ring is 1. The smallest absolute Gasteiger partial charge is 0.206 e. The molecule has 0 fully saturated rings. The van der Waals surface area contributed by atoms with Crippen LogP contribution in [0.25, 0.3) is 16.7 Å². The number of hydrogen-bond donors (Lipinski definition) is 1. The van der Waals surface area contributed by atoms with E-state index in [1.165, 1.54) is 23.8 Å². The van der Waals surface area contributed by atoms with E-state index in [-0.39, 0.29) is 11.6 Å². The maximum atomic E-state index is 14.3. The number of benzene rings is 2. The van der Waals surface area contributed by atoms with E-state index in [1.54, 1.807) is 25.1 Å². The van der Waals surface area contributed by atoms with E-state index in [4.69, 9.17) is 10.5 Å². The van der Waals surface area contributed by atoms with Gasteiger partial charge in [0.25, 0.3) is 0 Å². The Morgan fingerprint density at radius 2 is 1.95 bits per heavy atom. The molecule has 0 atom stereocenters. The summed E-state index contributed by atoms with van der Waals surface area (Å²) in [7, 11) is 1.51. The lowest BCUT2D eigenvalue weighted by molar-refractivity contribution is 0.415. The Labute approximate surface area is 119 Å². The minimum Gasteiger partial charge on any atom is -0.497 e. The van der Waals surface area contributed by atoms with E-state index in [9.17, 15) is 8.78 Å². The van der Waals surface area contributed by atoms with Gasteiger partial charge in [0.2, 0.25) is 5.95 Å². The third-order valence-electron chi connectivity index (χ3n) is 3.37. The van der Waals surface area contributed by atoms with Crippen LogP contribution in [0.4, 0.5) is 14.7 Å². The highest BCUT2D eigenvalue weighted by atomic mass is 19.1. The molecule has 0 radical (unpaired) electrons. The number of aryl methyl sites for hydroxylation is 1. The number of halogens is 2. The van der Waals surface area contributed by atoms with Crippen molar-refractivity contribution >= 4 is 17.0 Å². The molecule has 3 aromatic rings. The average molecular weight is 289 g/mol. The number of imidazole rings is 1. The Kier molecular flexibility index (Phi) is 3.01. The first-order valence-corrected chi connectivity index (χ1v) is 6.30. The first-order valence-electron chi connectivity index (χ1n) is 6.30. The number of hydrogen-bond acceptors (Lipinski definition) is 3. The van der Waals surface area contributed by atoms with Crippen LogP contribution in [0.2, 0.25) is 0 Å². The second kappa shape index (κ2) is 4.73. The van der Waals surface area contributed by atoms with Crippen molar-refractivity contribution in [3.8, 4) is 11.4 Å². The summed E-state index contributed by atoms with van der Waals surface area (Å²) >= 11 is 0. The van der Waals surface area contributed by atoms with Crippen molar-refractivity contribution in [3.05, 3.63) is 47.5 Å². The monoisotopic (exact) mass is 289 g/mol. The second-order valence-corrected chi connectivity index (χ2v) is 4.69. The lowest BCUT2D eigenvalue weighted by atomic mass is 10.2. The summed E-state index contributed by atoms with van der Waals surface area (Å²) < 4.78 is 34.8. The predicted octanol–water partition coefficient (Wildman–Crippen LogP) is 3.20. The quantitative estimate of drug-likeness (QED) is 0.788. The predicted molar refractivity (Wildman–Crippen MR) is 76.7 cm³/mol. The Morgan fingerprint density at radius 3 is 2.67 bits per heavy atom. The molecular weight excluding hydrogens is 276 g/mol. The van der Waals surface area contributed by atoms with Crippen LogP contribution in [0.1, 0.15) is 5.56 Å². The van der Waals surface area contributed by atoms with Crippen LogP contribution in [0, 0.1) is 18.6 Å². The zero-order valence-electron chi connectivity index (χ0n) is 11.5. The average Bonchev–Trinajstić information content (AvgIpc) is 2.79. The maximum Gasteiger partial charge on any atom is 0.206 e. The van der Waals surface area contributed by atoms with E-state index in [2.05, 4.69) is 4.98 Å². The Bertz CT molecular complexity index is 843. The SMILES string of the molecule is COc1ccc2nc(N)n(-c3c(F)ccc(C)c3F)c2c1. The van der Waals surface area contributed by atoms with Gasteiger partial charge in [-0.15, -0.1) is 0 Å². The number of methoxy groups -OCH3 is 1. The maximum absolute atomic E-state index is 14.3. The molecule has 0 aliphatic heterocycles.